The van der Waals surface area contributed by atoms with Gasteiger partial charge in [-0.15, -0.1) is 11.3 Å². The van der Waals surface area contributed by atoms with Gasteiger partial charge in [-0.1, -0.05) is 13.3 Å². The number of hydrogen-bond donors (Lipinski definition) is 1. The number of nitrogens with zero attached hydrogens (tertiary/aromatic N) is 2. The van der Waals surface area contributed by atoms with E-state index in [9.17, 15) is 0 Å². The summed E-state index contributed by atoms with van der Waals surface area (Å²) in [6, 6.07) is 2.06. The molecule has 1 aliphatic rings. The number of nitrogens with two attached hydrogens (primary N) is 1. The summed E-state index contributed by atoms with van der Waals surface area (Å²) >= 11 is 1.67. The fourth-order valence-electron chi connectivity index (χ4n) is 3.25. The van der Waals surface area contributed by atoms with Crippen LogP contribution < -0.4 is 5.73 Å². The van der Waals surface area contributed by atoms with Gasteiger partial charge in [0.25, 0.3) is 0 Å². The van der Waals surface area contributed by atoms with Gasteiger partial charge < -0.3 is 10.5 Å². The van der Waals surface area contributed by atoms with E-state index in [0.717, 1.165) is 35.3 Å². The second-order valence-corrected chi connectivity index (χ2v) is 7.14. The highest BCUT2D eigenvalue weighted by molar-refractivity contribution is 7.18. The summed E-state index contributed by atoms with van der Waals surface area (Å²) in [6.45, 7) is 4.34. The van der Waals surface area contributed by atoms with Gasteiger partial charge >= 0.3 is 0 Å². The zero-order valence-corrected chi connectivity index (χ0v) is 13.1. The first-order valence-electron chi connectivity index (χ1n) is 7.13. The van der Waals surface area contributed by atoms with E-state index in [2.05, 4.69) is 24.9 Å². The van der Waals surface area contributed by atoms with Gasteiger partial charge in [-0.05, 0) is 38.2 Å². The van der Waals surface area contributed by atoms with Crippen molar-refractivity contribution in [1.82, 2.24) is 9.97 Å². The van der Waals surface area contributed by atoms with Crippen LogP contribution in [-0.4, -0.2) is 17.1 Å². The van der Waals surface area contributed by atoms with E-state index in [0.29, 0.717) is 11.7 Å². The lowest BCUT2D eigenvalue weighted by Gasteiger charge is -2.37. The van der Waals surface area contributed by atoms with E-state index in [1.54, 1.807) is 18.4 Å². The molecule has 1 aliphatic carbocycles. The van der Waals surface area contributed by atoms with Crippen LogP contribution in [0.15, 0.2) is 6.07 Å². The molecule has 2 aromatic rings. The Bertz CT molecular complexity index is 639. The first kappa shape index (κ1) is 13.8. The molecule has 1 fully saturated rings. The fraction of sp³-hybridized carbons (Fsp3) is 0.600. The minimum Gasteiger partial charge on any atom is -0.383 e. The molecule has 0 radical (unpaired) electrons. The van der Waals surface area contributed by atoms with E-state index in [4.69, 9.17) is 15.5 Å². The second kappa shape index (κ2) is 4.97. The Morgan fingerprint density at radius 1 is 1.45 bits per heavy atom. The maximum atomic E-state index is 6.13. The maximum Gasteiger partial charge on any atom is 0.164 e. The molecule has 2 unspecified atom stereocenters. The molecule has 0 spiro atoms. The predicted octanol–water partition coefficient (Wildman–Crippen LogP) is 3.63. The summed E-state index contributed by atoms with van der Waals surface area (Å²) in [5, 5.41) is 0.964. The largest absolute Gasteiger partial charge is 0.383 e. The summed E-state index contributed by atoms with van der Waals surface area (Å²) in [4.78, 5) is 11.5. The van der Waals surface area contributed by atoms with Crippen molar-refractivity contribution in [3.8, 4) is 0 Å². The van der Waals surface area contributed by atoms with Crippen LogP contribution in [-0.2, 0) is 10.3 Å². The predicted molar refractivity (Wildman–Crippen MR) is 82.9 cm³/mol. The summed E-state index contributed by atoms with van der Waals surface area (Å²) in [7, 11) is 1.77. The second-order valence-electron chi connectivity index (χ2n) is 5.91. The molecule has 2 atom stereocenters. The Morgan fingerprint density at radius 2 is 2.25 bits per heavy atom. The quantitative estimate of drug-likeness (QED) is 0.917. The zero-order valence-electron chi connectivity index (χ0n) is 12.3. The fourth-order valence-corrected chi connectivity index (χ4v) is 4.14. The summed E-state index contributed by atoms with van der Waals surface area (Å²) in [6.07, 6.45) is 4.35. The maximum absolute atomic E-state index is 6.13. The smallest absolute Gasteiger partial charge is 0.164 e. The van der Waals surface area contributed by atoms with Crippen molar-refractivity contribution in [2.45, 2.75) is 45.1 Å². The molecule has 0 bridgehead atoms. The third-order valence-corrected chi connectivity index (χ3v) is 5.24. The number of rotatable bonds is 2. The molecule has 20 heavy (non-hydrogen) atoms. The molecule has 2 N–H and O–H groups in total. The van der Waals surface area contributed by atoms with Crippen LogP contribution in [0.3, 0.4) is 0 Å². The van der Waals surface area contributed by atoms with Crippen molar-refractivity contribution >= 4 is 27.4 Å². The number of methoxy groups -OCH3 is 1. The van der Waals surface area contributed by atoms with Crippen LogP contribution in [0, 0.1) is 12.8 Å². The Morgan fingerprint density at radius 3 is 2.95 bits per heavy atom. The molecular formula is C15H21N3OS. The lowest BCUT2D eigenvalue weighted by atomic mass is 9.78. The molecule has 1 saturated carbocycles. The van der Waals surface area contributed by atoms with Gasteiger partial charge in [0, 0.05) is 12.0 Å². The average molecular weight is 291 g/mol. The van der Waals surface area contributed by atoms with E-state index in [1.807, 2.05) is 0 Å². The molecular weight excluding hydrogens is 270 g/mol. The van der Waals surface area contributed by atoms with Gasteiger partial charge in [0.2, 0.25) is 0 Å². The number of aryl methyl sites for hydroxylation is 1. The minimum atomic E-state index is -0.363. The van der Waals surface area contributed by atoms with Crippen LogP contribution in [0.25, 0.3) is 10.2 Å². The lowest BCUT2D eigenvalue weighted by molar-refractivity contribution is -0.0642. The van der Waals surface area contributed by atoms with E-state index >= 15 is 0 Å². The van der Waals surface area contributed by atoms with Gasteiger partial charge in [-0.2, -0.15) is 0 Å². The number of aromatic nitrogens is 2. The van der Waals surface area contributed by atoms with Crippen LogP contribution in [0.5, 0.6) is 0 Å². The normalized spacial score (nSPS) is 27.1. The molecule has 108 valence electrons. The molecule has 0 aliphatic heterocycles. The molecule has 4 nitrogen and oxygen atoms in total. The molecule has 3 rings (SSSR count). The van der Waals surface area contributed by atoms with Crippen molar-refractivity contribution in [2.24, 2.45) is 5.92 Å². The van der Waals surface area contributed by atoms with Crippen molar-refractivity contribution < 1.29 is 4.74 Å². The standard InChI is InChI=1S/C15H21N3OS/c1-9-5-4-6-15(8-9,19-3)14-17-12(16)11-7-10(2)20-13(11)18-14/h7,9H,4-6,8H2,1-3H3,(H2,16,17,18). The molecule has 5 heteroatoms. The number of hydrogen-bond acceptors (Lipinski definition) is 5. The van der Waals surface area contributed by atoms with Crippen LogP contribution in [0.4, 0.5) is 5.82 Å². The topological polar surface area (TPSA) is 61.0 Å². The molecule has 2 heterocycles. The van der Waals surface area contributed by atoms with Gasteiger partial charge in [0.05, 0.1) is 5.39 Å². The molecule has 0 amide bonds. The van der Waals surface area contributed by atoms with Crippen molar-refractivity contribution in [3.63, 3.8) is 0 Å². The highest BCUT2D eigenvalue weighted by Crippen LogP contribution is 2.42. The Hall–Kier alpha value is -1.20. The van der Waals surface area contributed by atoms with E-state index in [1.165, 1.54) is 11.3 Å². The van der Waals surface area contributed by atoms with Crippen LogP contribution >= 0.6 is 11.3 Å². The third kappa shape index (κ3) is 2.19. The van der Waals surface area contributed by atoms with Gasteiger partial charge in [-0.25, -0.2) is 9.97 Å². The summed E-state index contributed by atoms with van der Waals surface area (Å²) < 4.78 is 5.87. The average Bonchev–Trinajstić information content (AvgIpc) is 2.79. The highest BCUT2D eigenvalue weighted by Gasteiger charge is 2.39. The first-order valence-corrected chi connectivity index (χ1v) is 7.95. The zero-order chi connectivity index (χ0) is 14.3. The molecule has 2 aromatic heterocycles. The number of anilines is 1. The molecule has 0 saturated heterocycles. The van der Waals surface area contributed by atoms with Gasteiger partial charge in [0.15, 0.2) is 5.82 Å². The lowest BCUT2D eigenvalue weighted by Crippen LogP contribution is -2.36. The monoisotopic (exact) mass is 291 g/mol. The van der Waals surface area contributed by atoms with E-state index < -0.39 is 0 Å². The first-order chi connectivity index (χ1) is 9.54. The number of fused-ring (bicyclic) bond motifs is 1. The Kier molecular flexibility index (Phi) is 3.42. The highest BCUT2D eigenvalue weighted by atomic mass is 32.1. The van der Waals surface area contributed by atoms with Crippen molar-refractivity contribution in [3.05, 3.63) is 16.8 Å². The van der Waals surface area contributed by atoms with Gasteiger partial charge in [0.1, 0.15) is 16.2 Å². The van der Waals surface area contributed by atoms with Crippen LogP contribution in [0.2, 0.25) is 0 Å². The number of thiophene rings is 1. The number of ether oxygens (including phenoxy) is 1. The van der Waals surface area contributed by atoms with Crippen molar-refractivity contribution in [2.75, 3.05) is 12.8 Å². The summed E-state index contributed by atoms with van der Waals surface area (Å²) in [5.41, 5.74) is 5.76. The number of nitrogen functional groups attached to an aromatic ring is 1. The Labute approximate surface area is 123 Å². The Balaban J connectivity index is 2.11. The van der Waals surface area contributed by atoms with Gasteiger partial charge in [-0.3, -0.25) is 0 Å². The molecule has 0 aromatic carbocycles. The minimum absolute atomic E-state index is 0.363. The van der Waals surface area contributed by atoms with Crippen molar-refractivity contribution in [1.29, 1.82) is 0 Å². The summed E-state index contributed by atoms with van der Waals surface area (Å²) in [5.74, 6) is 1.97. The SMILES string of the molecule is COC1(c2nc(N)c3cc(C)sc3n2)CCCC(C)C1. The third-order valence-electron chi connectivity index (χ3n) is 4.30. The van der Waals surface area contributed by atoms with Crippen LogP contribution in [0.1, 0.15) is 43.3 Å². The van der Waals surface area contributed by atoms with E-state index in [-0.39, 0.29) is 5.60 Å².